The summed E-state index contributed by atoms with van der Waals surface area (Å²) in [5, 5.41) is 0. The van der Waals surface area contributed by atoms with Gasteiger partial charge in [0, 0.05) is 37.4 Å². The molecule has 0 bridgehead atoms. The van der Waals surface area contributed by atoms with Crippen LogP contribution in [-0.2, 0) is 6.18 Å². The molecule has 1 aromatic carbocycles. The lowest BCUT2D eigenvalue weighted by molar-refractivity contribution is -0.137. The van der Waals surface area contributed by atoms with Crippen molar-refractivity contribution in [1.29, 1.82) is 0 Å². The first-order valence-electron chi connectivity index (χ1n) is 10.8. The topological polar surface area (TPSA) is 6.48 Å². The number of halogens is 4. The standard InChI is InChI=1S/C24H35F3N2.ClH/c1-6-9-28-10-12-29(13-11-28)21-14-19(24(25,26)27)7-8-20(21)18-15-22(2,3)17-23(4,5)16-18;/h7-8,14-15H,6,9-13,16-17H2,1-5H3;1H. The van der Waals surface area contributed by atoms with Crippen LogP contribution in [0.1, 0.15) is 65.0 Å². The number of hydrogen-bond acceptors (Lipinski definition) is 2. The van der Waals surface area contributed by atoms with Crippen molar-refractivity contribution in [3.63, 3.8) is 0 Å². The van der Waals surface area contributed by atoms with Crippen LogP contribution < -0.4 is 4.90 Å². The highest BCUT2D eigenvalue weighted by Crippen LogP contribution is 2.49. The van der Waals surface area contributed by atoms with E-state index in [1.54, 1.807) is 6.07 Å². The van der Waals surface area contributed by atoms with Gasteiger partial charge in [0.05, 0.1) is 5.56 Å². The van der Waals surface area contributed by atoms with Crippen molar-refractivity contribution in [1.82, 2.24) is 4.90 Å². The molecule has 2 aliphatic rings. The normalized spacial score (nSPS) is 21.7. The summed E-state index contributed by atoms with van der Waals surface area (Å²) in [5.41, 5.74) is 2.52. The molecule has 0 amide bonds. The number of anilines is 1. The molecule has 1 aliphatic carbocycles. The van der Waals surface area contributed by atoms with Gasteiger partial charge in [0.15, 0.2) is 0 Å². The molecule has 1 aliphatic heterocycles. The average Bonchev–Trinajstić information content (AvgIpc) is 2.59. The van der Waals surface area contributed by atoms with Crippen molar-refractivity contribution in [2.75, 3.05) is 37.6 Å². The number of piperazine rings is 1. The lowest BCUT2D eigenvalue weighted by atomic mass is 9.65. The molecule has 1 saturated heterocycles. The largest absolute Gasteiger partial charge is 0.416 e. The van der Waals surface area contributed by atoms with E-state index in [0.29, 0.717) is 0 Å². The number of alkyl halides is 3. The molecule has 0 atom stereocenters. The van der Waals surface area contributed by atoms with E-state index in [0.717, 1.165) is 63.2 Å². The SMILES string of the molecule is CCCN1CCN(c2cc(C(F)(F)F)ccc2C2=CC(C)(C)CC(C)(C)C2)CC1.Cl. The van der Waals surface area contributed by atoms with E-state index in [2.05, 4.69) is 50.5 Å². The van der Waals surface area contributed by atoms with Crippen LogP contribution in [-0.4, -0.2) is 37.6 Å². The Morgan fingerprint density at radius 2 is 1.63 bits per heavy atom. The third-order valence-corrected chi connectivity index (χ3v) is 6.09. The minimum Gasteiger partial charge on any atom is -0.368 e. The minimum absolute atomic E-state index is 0. The Kier molecular flexibility index (Phi) is 7.62. The van der Waals surface area contributed by atoms with Gasteiger partial charge in [0.2, 0.25) is 0 Å². The molecular weight excluding hydrogens is 409 g/mol. The molecule has 2 nitrogen and oxygen atoms in total. The second-order valence-electron chi connectivity index (χ2n) is 10.2. The van der Waals surface area contributed by atoms with Gasteiger partial charge in [-0.15, -0.1) is 12.4 Å². The second kappa shape index (κ2) is 9.12. The Morgan fingerprint density at radius 1 is 1.00 bits per heavy atom. The summed E-state index contributed by atoms with van der Waals surface area (Å²) >= 11 is 0. The maximum atomic E-state index is 13.5. The Bertz CT molecular complexity index is 760. The van der Waals surface area contributed by atoms with Gasteiger partial charge in [-0.25, -0.2) is 0 Å². The molecule has 0 aromatic heterocycles. The first-order chi connectivity index (χ1) is 13.4. The molecule has 1 heterocycles. The van der Waals surface area contributed by atoms with Crippen molar-refractivity contribution in [3.8, 4) is 0 Å². The molecule has 1 aromatic rings. The predicted molar refractivity (Wildman–Crippen MR) is 122 cm³/mol. The van der Waals surface area contributed by atoms with Gasteiger partial charge >= 0.3 is 6.18 Å². The summed E-state index contributed by atoms with van der Waals surface area (Å²) in [6, 6.07) is 4.34. The van der Waals surface area contributed by atoms with E-state index in [9.17, 15) is 13.2 Å². The molecule has 0 saturated carbocycles. The van der Waals surface area contributed by atoms with Crippen LogP contribution in [0, 0.1) is 10.8 Å². The van der Waals surface area contributed by atoms with Gasteiger partial charge in [0.1, 0.15) is 0 Å². The third-order valence-electron chi connectivity index (χ3n) is 6.09. The second-order valence-corrected chi connectivity index (χ2v) is 10.2. The van der Waals surface area contributed by atoms with Crippen LogP contribution in [0.2, 0.25) is 0 Å². The van der Waals surface area contributed by atoms with Crippen LogP contribution in [0.15, 0.2) is 24.3 Å². The molecular formula is C24H36ClF3N2. The highest BCUT2D eigenvalue weighted by Gasteiger charge is 2.36. The van der Waals surface area contributed by atoms with E-state index in [1.165, 1.54) is 17.7 Å². The number of allylic oxidation sites excluding steroid dienone is 2. The quantitative estimate of drug-likeness (QED) is 0.499. The van der Waals surface area contributed by atoms with E-state index >= 15 is 0 Å². The Hall–Kier alpha value is -1.20. The first kappa shape index (κ1) is 25.1. The van der Waals surface area contributed by atoms with Crippen LogP contribution in [0.5, 0.6) is 0 Å². The van der Waals surface area contributed by atoms with Crippen LogP contribution >= 0.6 is 12.4 Å². The molecule has 0 radical (unpaired) electrons. The summed E-state index contributed by atoms with van der Waals surface area (Å²) in [6.45, 7) is 15.5. The van der Waals surface area contributed by atoms with Crippen molar-refractivity contribution in [2.24, 2.45) is 10.8 Å². The molecule has 3 rings (SSSR count). The summed E-state index contributed by atoms with van der Waals surface area (Å²) < 4.78 is 40.4. The summed E-state index contributed by atoms with van der Waals surface area (Å²) in [4.78, 5) is 4.56. The van der Waals surface area contributed by atoms with Crippen molar-refractivity contribution >= 4 is 23.7 Å². The van der Waals surface area contributed by atoms with Gasteiger partial charge in [-0.1, -0.05) is 46.8 Å². The molecule has 0 spiro atoms. The zero-order chi connectivity index (χ0) is 21.4. The summed E-state index contributed by atoms with van der Waals surface area (Å²) in [5.74, 6) is 0. The Balaban J connectivity index is 0.00000320. The van der Waals surface area contributed by atoms with E-state index in [1.807, 2.05) is 0 Å². The van der Waals surface area contributed by atoms with Gasteiger partial charge in [-0.05, 0) is 54.3 Å². The average molecular weight is 445 g/mol. The van der Waals surface area contributed by atoms with Crippen molar-refractivity contribution in [3.05, 3.63) is 35.4 Å². The maximum absolute atomic E-state index is 13.5. The Morgan fingerprint density at radius 3 is 2.17 bits per heavy atom. The molecule has 30 heavy (non-hydrogen) atoms. The zero-order valence-corrected chi connectivity index (χ0v) is 19.7. The molecule has 170 valence electrons. The number of nitrogens with zero attached hydrogens (tertiary/aromatic N) is 2. The molecule has 0 unspecified atom stereocenters. The molecule has 0 N–H and O–H groups in total. The highest BCUT2D eigenvalue weighted by molar-refractivity contribution is 5.85. The van der Waals surface area contributed by atoms with E-state index < -0.39 is 11.7 Å². The zero-order valence-electron chi connectivity index (χ0n) is 18.9. The summed E-state index contributed by atoms with van der Waals surface area (Å²) in [7, 11) is 0. The molecule has 1 fully saturated rings. The smallest absolute Gasteiger partial charge is 0.368 e. The third kappa shape index (κ3) is 5.94. The Labute approximate surface area is 185 Å². The minimum atomic E-state index is -4.32. The van der Waals surface area contributed by atoms with Crippen molar-refractivity contribution in [2.45, 2.75) is 60.1 Å². The van der Waals surface area contributed by atoms with E-state index in [-0.39, 0.29) is 23.2 Å². The lowest BCUT2D eigenvalue weighted by Gasteiger charge is -2.41. The predicted octanol–water partition coefficient (Wildman–Crippen LogP) is 6.89. The van der Waals surface area contributed by atoms with Gasteiger partial charge in [0.25, 0.3) is 0 Å². The maximum Gasteiger partial charge on any atom is 0.416 e. The number of hydrogen-bond donors (Lipinski definition) is 0. The van der Waals surface area contributed by atoms with E-state index in [4.69, 9.17) is 0 Å². The van der Waals surface area contributed by atoms with Gasteiger partial charge in [-0.3, -0.25) is 4.90 Å². The number of rotatable bonds is 4. The first-order valence-corrected chi connectivity index (χ1v) is 10.8. The van der Waals surface area contributed by atoms with Gasteiger partial charge in [-0.2, -0.15) is 13.2 Å². The number of benzene rings is 1. The van der Waals surface area contributed by atoms with Crippen LogP contribution in [0.25, 0.3) is 5.57 Å². The van der Waals surface area contributed by atoms with Crippen LogP contribution in [0.4, 0.5) is 18.9 Å². The van der Waals surface area contributed by atoms with Crippen LogP contribution in [0.3, 0.4) is 0 Å². The summed E-state index contributed by atoms with van der Waals surface area (Å²) in [6.07, 6.45) is 1.04. The fourth-order valence-corrected chi connectivity index (χ4v) is 5.33. The van der Waals surface area contributed by atoms with Crippen molar-refractivity contribution < 1.29 is 13.2 Å². The monoisotopic (exact) mass is 444 g/mol. The van der Waals surface area contributed by atoms with Gasteiger partial charge < -0.3 is 4.90 Å². The fraction of sp³-hybridized carbons (Fsp3) is 0.667. The highest BCUT2D eigenvalue weighted by atomic mass is 35.5. The lowest BCUT2D eigenvalue weighted by Crippen LogP contribution is -2.47. The molecule has 6 heteroatoms. The fourth-order valence-electron chi connectivity index (χ4n) is 5.33.